The van der Waals surface area contributed by atoms with Gasteiger partial charge in [0.05, 0.1) is 16.7 Å². The van der Waals surface area contributed by atoms with E-state index in [0.717, 1.165) is 31.4 Å². The van der Waals surface area contributed by atoms with E-state index in [2.05, 4.69) is 31.0 Å². The van der Waals surface area contributed by atoms with E-state index >= 15 is 0 Å². The predicted octanol–water partition coefficient (Wildman–Crippen LogP) is 3.44. The molecule has 0 saturated carbocycles. The third kappa shape index (κ3) is 4.10. The first-order valence-electron chi connectivity index (χ1n) is 10.7. The number of aryl methyl sites for hydroxylation is 1. The molecule has 0 aliphatic carbocycles. The lowest BCUT2D eigenvalue weighted by molar-refractivity contribution is -0.130. The molecule has 4 rings (SSSR count). The smallest absolute Gasteiger partial charge is 0.262 e. The van der Waals surface area contributed by atoms with Crippen molar-refractivity contribution < 1.29 is 4.79 Å². The first-order valence-corrected chi connectivity index (χ1v) is 11.7. The van der Waals surface area contributed by atoms with Crippen molar-refractivity contribution in [2.45, 2.75) is 51.7 Å². The van der Waals surface area contributed by atoms with E-state index < -0.39 is 0 Å². The number of piperidine rings is 1. The number of thioether (sulfide) groups is 1. The normalized spacial score (nSPS) is 17.3. The number of hydrogen-bond donors (Lipinski definition) is 0. The molecule has 1 amide bonds. The second kappa shape index (κ2) is 8.79. The number of aromatic nitrogens is 4. The second-order valence-electron chi connectivity index (χ2n) is 8.65. The monoisotopic (exact) mass is 427 g/mol. The van der Waals surface area contributed by atoms with Crippen LogP contribution in [0.1, 0.15) is 40.0 Å². The van der Waals surface area contributed by atoms with E-state index in [-0.39, 0.29) is 11.5 Å². The van der Waals surface area contributed by atoms with E-state index in [4.69, 9.17) is 0 Å². The van der Waals surface area contributed by atoms with Gasteiger partial charge in [-0.15, -0.1) is 10.2 Å². The molecule has 1 atom stereocenters. The van der Waals surface area contributed by atoms with Crippen molar-refractivity contribution in [2.75, 3.05) is 18.8 Å². The van der Waals surface area contributed by atoms with Crippen LogP contribution in [0.2, 0.25) is 0 Å². The van der Waals surface area contributed by atoms with Crippen LogP contribution >= 0.6 is 11.8 Å². The number of para-hydroxylation sites is 1. The number of fused-ring (bicyclic) bond motifs is 3. The summed E-state index contributed by atoms with van der Waals surface area (Å²) in [4.78, 5) is 27.8. The van der Waals surface area contributed by atoms with Gasteiger partial charge in [0, 0.05) is 19.6 Å². The molecule has 1 aromatic carbocycles. The highest BCUT2D eigenvalue weighted by Gasteiger charge is 2.22. The maximum Gasteiger partial charge on any atom is 0.262 e. The largest absolute Gasteiger partial charge is 0.342 e. The summed E-state index contributed by atoms with van der Waals surface area (Å²) in [7, 11) is 0. The highest BCUT2D eigenvalue weighted by molar-refractivity contribution is 7.99. The van der Waals surface area contributed by atoms with E-state index in [0.29, 0.717) is 40.5 Å². The van der Waals surface area contributed by atoms with Crippen molar-refractivity contribution in [1.29, 1.82) is 0 Å². The molecule has 1 fully saturated rings. The minimum atomic E-state index is -0.0407. The van der Waals surface area contributed by atoms with Gasteiger partial charge < -0.3 is 4.90 Å². The molecule has 1 unspecified atom stereocenters. The number of carbonyl (C=O) groups is 1. The summed E-state index contributed by atoms with van der Waals surface area (Å²) in [6, 6.07) is 7.55. The molecule has 0 bridgehead atoms. The van der Waals surface area contributed by atoms with Crippen LogP contribution in [0.25, 0.3) is 16.7 Å². The van der Waals surface area contributed by atoms with Gasteiger partial charge in [0.25, 0.3) is 5.56 Å². The molecule has 0 radical (unpaired) electrons. The molecule has 1 aliphatic rings. The van der Waals surface area contributed by atoms with Crippen LogP contribution in [0.5, 0.6) is 0 Å². The average molecular weight is 428 g/mol. The van der Waals surface area contributed by atoms with Gasteiger partial charge in [0.1, 0.15) is 0 Å². The lowest BCUT2D eigenvalue weighted by Crippen LogP contribution is -2.40. The Morgan fingerprint density at radius 1 is 1.27 bits per heavy atom. The molecule has 2 aromatic heterocycles. The van der Waals surface area contributed by atoms with Crippen LogP contribution in [-0.2, 0) is 11.3 Å². The Bertz CT molecular complexity index is 1120. The Labute approximate surface area is 180 Å². The van der Waals surface area contributed by atoms with Gasteiger partial charge in [-0.3, -0.25) is 18.6 Å². The molecule has 3 aromatic rings. The molecular formula is C22H29N5O2S. The number of benzene rings is 1. The molecule has 1 saturated heterocycles. The third-order valence-electron chi connectivity index (χ3n) is 5.74. The highest BCUT2D eigenvalue weighted by Crippen LogP contribution is 2.23. The molecule has 160 valence electrons. The first kappa shape index (κ1) is 20.9. The minimum absolute atomic E-state index is 0.0407. The van der Waals surface area contributed by atoms with Crippen LogP contribution in [0.3, 0.4) is 0 Å². The number of amides is 1. The predicted molar refractivity (Wildman–Crippen MR) is 120 cm³/mol. The number of nitrogens with zero attached hydrogens (tertiary/aromatic N) is 5. The summed E-state index contributed by atoms with van der Waals surface area (Å²) in [6.45, 7) is 8.74. The number of likely N-dealkylation sites (tertiary alicyclic amines) is 1. The van der Waals surface area contributed by atoms with Gasteiger partial charge in [-0.25, -0.2) is 0 Å². The van der Waals surface area contributed by atoms with Gasteiger partial charge >= 0.3 is 0 Å². The summed E-state index contributed by atoms with van der Waals surface area (Å²) in [5.41, 5.74) is 0.742. The van der Waals surface area contributed by atoms with Crippen molar-refractivity contribution >= 4 is 34.3 Å². The molecular weight excluding hydrogens is 398 g/mol. The SMILES string of the molecule is CC(C)CCn1c(=O)c2ccccc2n2c(SCC(=O)N3CCCC(C)C3)nnc12. The number of carbonyl (C=O) groups excluding carboxylic acids is 1. The fraction of sp³-hybridized carbons (Fsp3) is 0.545. The topological polar surface area (TPSA) is 72.5 Å². The summed E-state index contributed by atoms with van der Waals surface area (Å²) < 4.78 is 3.64. The first-order chi connectivity index (χ1) is 14.5. The van der Waals surface area contributed by atoms with Crippen LogP contribution in [0.15, 0.2) is 34.2 Å². The quantitative estimate of drug-likeness (QED) is 0.564. The fourth-order valence-corrected chi connectivity index (χ4v) is 4.89. The van der Waals surface area contributed by atoms with Crippen molar-refractivity contribution in [3.63, 3.8) is 0 Å². The Balaban J connectivity index is 1.67. The second-order valence-corrected chi connectivity index (χ2v) is 9.59. The molecule has 1 aliphatic heterocycles. The Morgan fingerprint density at radius 3 is 2.83 bits per heavy atom. The van der Waals surface area contributed by atoms with Crippen molar-refractivity contribution in [2.24, 2.45) is 11.8 Å². The van der Waals surface area contributed by atoms with Gasteiger partial charge in [-0.2, -0.15) is 0 Å². The van der Waals surface area contributed by atoms with E-state index in [1.165, 1.54) is 18.2 Å². The van der Waals surface area contributed by atoms with E-state index in [1.54, 1.807) is 4.57 Å². The Hall–Kier alpha value is -2.35. The zero-order valence-corrected chi connectivity index (χ0v) is 18.7. The highest BCUT2D eigenvalue weighted by atomic mass is 32.2. The number of rotatable bonds is 6. The molecule has 0 spiro atoms. The molecule has 8 heteroatoms. The molecule has 3 heterocycles. The van der Waals surface area contributed by atoms with Crippen LogP contribution in [0, 0.1) is 11.8 Å². The van der Waals surface area contributed by atoms with Gasteiger partial charge in [-0.1, -0.05) is 44.7 Å². The van der Waals surface area contributed by atoms with E-state index in [1.807, 2.05) is 33.6 Å². The van der Waals surface area contributed by atoms with Crippen LogP contribution < -0.4 is 5.56 Å². The van der Waals surface area contributed by atoms with Crippen LogP contribution in [-0.4, -0.2) is 48.8 Å². The number of hydrogen-bond acceptors (Lipinski definition) is 5. The zero-order chi connectivity index (χ0) is 21.3. The Morgan fingerprint density at radius 2 is 2.07 bits per heavy atom. The van der Waals surface area contributed by atoms with Gasteiger partial charge in [-0.05, 0) is 43.2 Å². The summed E-state index contributed by atoms with van der Waals surface area (Å²) >= 11 is 1.40. The fourth-order valence-electron chi connectivity index (χ4n) is 4.05. The maximum atomic E-state index is 13.1. The summed E-state index contributed by atoms with van der Waals surface area (Å²) in [6.07, 6.45) is 3.14. The Kier molecular flexibility index (Phi) is 6.13. The van der Waals surface area contributed by atoms with Crippen LogP contribution in [0.4, 0.5) is 0 Å². The third-order valence-corrected chi connectivity index (χ3v) is 6.66. The molecule has 30 heavy (non-hydrogen) atoms. The lowest BCUT2D eigenvalue weighted by atomic mass is 10.0. The molecule has 0 N–H and O–H groups in total. The van der Waals surface area contributed by atoms with Gasteiger partial charge in [0.2, 0.25) is 11.7 Å². The standard InChI is InChI=1S/C22H29N5O2S/c1-15(2)10-12-26-20(29)17-8-4-5-9-18(17)27-21(26)23-24-22(27)30-14-19(28)25-11-6-7-16(3)13-25/h4-5,8-9,15-16H,6-7,10-14H2,1-3H3. The summed E-state index contributed by atoms with van der Waals surface area (Å²) in [5.74, 6) is 2.04. The minimum Gasteiger partial charge on any atom is -0.342 e. The molecule has 7 nitrogen and oxygen atoms in total. The summed E-state index contributed by atoms with van der Waals surface area (Å²) in [5, 5.41) is 9.99. The van der Waals surface area contributed by atoms with Gasteiger partial charge in [0.15, 0.2) is 5.16 Å². The van der Waals surface area contributed by atoms with Crippen molar-refractivity contribution in [3.05, 3.63) is 34.6 Å². The zero-order valence-electron chi connectivity index (χ0n) is 17.9. The van der Waals surface area contributed by atoms with E-state index in [9.17, 15) is 9.59 Å². The van der Waals surface area contributed by atoms with Crippen molar-refractivity contribution in [1.82, 2.24) is 24.1 Å². The lowest BCUT2D eigenvalue weighted by Gasteiger charge is -2.30. The van der Waals surface area contributed by atoms with Crippen molar-refractivity contribution in [3.8, 4) is 0 Å². The average Bonchev–Trinajstić information content (AvgIpc) is 3.15. The maximum absolute atomic E-state index is 13.1.